The molecule has 1 saturated carbocycles. The van der Waals surface area contributed by atoms with Crippen LogP contribution in [-0.4, -0.2) is 11.9 Å². The third-order valence-corrected chi connectivity index (χ3v) is 4.35. The van der Waals surface area contributed by atoms with Crippen LogP contribution >= 0.6 is 11.6 Å². The number of hydrogen-bond donors (Lipinski definition) is 2. The molecule has 0 heterocycles. The molecule has 3 nitrogen and oxygen atoms in total. The maximum Gasteiger partial charge on any atom is 0.221 e. The molecule has 1 aliphatic carbocycles. The largest absolute Gasteiger partial charge is 0.382 e. The summed E-state index contributed by atoms with van der Waals surface area (Å²) in [6.45, 7) is 8.48. The minimum absolute atomic E-state index is 0.111. The van der Waals surface area contributed by atoms with Gasteiger partial charge < -0.3 is 10.6 Å². The summed E-state index contributed by atoms with van der Waals surface area (Å²) < 4.78 is 0. The third-order valence-electron chi connectivity index (χ3n) is 4.04. The molecule has 4 heteroatoms. The molecule has 1 fully saturated rings. The number of nitrogens with one attached hydrogen (secondary N) is 2. The quantitative estimate of drug-likeness (QED) is 0.831. The van der Waals surface area contributed by atoms with E-state index >= 15 is 0 Å². The van der Waals surface area contributed by atoms with Crippen molar-refractivity contribution in [1.82, 2.24) is 0 Å². The number of halogens is 1. The van der Waals surface area contributed by atoms with E-state index in [2.05, 4.69) is 31.4 Å². The van der Waals surface area contributed by atoms with Gasteiger partial charge in [-0.05, 0) is 48.8 Å². The van der Waals surface area contributed by atoms with Crippen molar-refractivity contribution in [2.24, 2.45) is 11.3 Å². The topological polar surface area (TPSA) is 41.1 Å². The first-order valence-electron chi connectivity index (χ1n) is 7.59. The van der Waals surface area contributed by atoms with E-state index in [-0.39, 0.29) is 5.91 Å². The molecule has 1 aliphatic rings. The molecule has 0 radical (unpaired) electrons. The molecule has 2 atom stereocenters. The van der Waals surface area contributed by atoms with Gasteiger partial charge in [-0.3, -0.25) is 4.79 Å². The molecule has 0 saturated heterocycles. The molecule has 2 N–H and O–H groups in total. The maximum absolute atomic E-state index is 11.1. The number of anilines is 2. The van der Waals surface area contributed by atoms with Crippen molar-refractivity contribution in [3.63, 3.8) is 0 Å². The Balaban J connectivity index is 2.06. The van der Waals surface area contributed by atoms with Gasteiger partial charge >= 0.3 is 0 Å². The summed E-state index contributed by atoms with van der Waals surface area (Å²) in [7, 11) is 0. The zero-order valence-electron chi connectivity index (χ0n) is 13.3. The Labute approximate surface area is 132 Å². The van der Waals surface area contributed by atoms with Gasteiger partial charge in [-0.15, -0.1) is 0 Å². The minimum atomic E-state index is -0.111. The molecule has 1 aromatic carbocycles. The number of carbonyl (C=O) groups is 1. The summed E-state index contributed by atoms with van der Waals surface area (Å²) in [6.07, 6.45) is 3.64. The van der Waals surface area contributed by atoms with E-state index in [0.29, 0.717) is 22.2 Å². The fraction of sp³-hybridized carbons (Fsp3) is 0.588. The highest BCUT2D eigenvalue weighted by atomic mass is 35.5. The number of amides is 1. The fourth-order valence-electron chi connectivity index (χ4n) is 3.59. The van der Waals surface area contributed by atoms with Gasteiger partial charge in [-0.2, -0.15) is 0 Å². The van der Waals surface area contributed by atoms with Crippen LogP contribution in [0.3, 0.4) is 0 Å². The Bertz CT molecular complexity index is 528. The molecule has 1 aromatic rings. The first-order chi connectivity index (χ1) is 9.75. The van der Waals surface area contributed by atoms with Crippen LogP contribution in [0, 0.1) is 11.3 Å². The summed E-state index contributed by atoms with van der Waals surface area (Å²) in [5, 5.41) is 6.88. The number of rotatable bonds is 3. The molecule has 0 bridgehead atoms. The SMILES string of the molecule is CC(=O)Nc1ccc(NC2CC(C)CC(C)(C)C2)cc1Cl. The molecule has 0 aliphatic heterocycles. The predicted octanol–water partition coefficient (Wildman–Crippen LogP) is 4.93. The van der Waals surface area contributed by atoms with Crippen LogP contribution in [0.5, 0.6) is 0 Å². The van der Waals surface area contributed by atoms with E-state index in [0.717, 1.165) is 11.6 Å². The lowest BCUT2D eigenvalue weighted by Gasteiger charge is -2.39. The van der Waals surface area contributed by atoms with Gasteiger partial charge in [0.25, 0.3) is 0 Å². The van der Waals surface area contributed by atoms with E-state index < -0.39 is 0 Å². The zero-order valence-corrected chi connectivity index (χ0v) is 14.1. The molecule has 21 heavy (non-hydrogen) atoms. The highest BCUT2D eigenvalue weighted by Gasteiger charge is 2.31. The van der Waals surface area contributed by atoms with E-state index in [9.17, 15) is 4.79 Å². The van der Waals surface area contributed by atoms with Gasteiger partial charge in [0.05, 0.1) is 10.7 Å². The lowest BCUT2D eigenvalue weighted by molar-refractivity contribution is -0.114. The highest BCUT2D eigenvalue weighted by Crippen LogP contribution is 2.39. The number of benzene rings is 1. The van der Waals surface area contributed by atoms with Crippen LogP contribution in [0.25, 0.3) is 0 Å². The highest BCUT2D eigenvalue weighted by molar-refractivity contribution is 6.34. The number of carbonyl (C=O) groups excluding carboxylic acids is 1. The Morgan fingerprint density at radius 3 is 2.62 bits per heavy atom. The maximum atomic E-state index is 11.1. The lowest BCUT2D eigenvalue weighted by Crippen LogP contribution is -2.35. The summed E-state index contributed by atoms with van der Waals surface area (Å²) in [5.41, 5.74) is 2.06. The Morgan fingerprint density at radius 2 is 2.05 bits per heavy atom. The molecule has 0 aromatic heterocycles. The average molecular weight is 309 g/mol. The Hall–Kier alpha value is -1.22. The first-order valence-corrected chi connectivity index (χ1v) is 7.97. The predicted molar refractivity (Wildman–Crippen MR) is 90.0 cm³/mol. The summed E-state index contributed by atoms with van der Waals surface area (Å²) in [4.78, 5) is 11.1. The van der Waals surface area contributed by atoms with Crippen molar-refractivity contribution < 1.29 is 4.79 Å². The van der Waals surface area contributed by atoms with E-state index in [1.165, 1.54) is 26.2 Å². The average Bonchev–Trinajstić information content (AvgIpc) is 2.29. The smallest absolute Gasteiger partial charge is 0.221 e. The monoisotopic (exact) mass is 308 g/mol. The summed E-state index contributed by atoms with van der Waals surface area (Å²) in [5.74, 6) is 0.626. The second kappa shape index (κ2) is 6.27. The molecule has 2 unspecified atom stereocenters. The standard InChI is InChI=1S/C17H25ClN2O/c1-11-7-14(10-17(3,4)9-11)20-13-5-6-16(15(18)8-13)19-12(2)21/h5-6,8,11,14,20H,7,9-10H2,1-4H3,(H,19,21). The normalized spacial score (nSPS) is 24.4. The lowest BCUT2D eigenvalue weighted by atomic mass is 9.70. The van der Waals surface area contributed by atoms with Gasteiger partial charge in [-0.1, -0.05) is 32.4 Å². The van der Waals surface area contributed by atoms with Gasteiger partial charge in [0.2, 0.25) is 5.91 Å². The van der Waals surface area contributed by atoms with Crippen molar-refractivity contribution in [3.05, 3.63) is 23.2 Å². The molecular formula is C17H25ClN2O. The van der Waals surface area contributed by atoms with Gasteiger partial charge in [0.1, 0.15) is 0 Å². The van der Waals surface area contributed by atoms with E-state index in [1.54, 1.807) is 0 Å². The fourth-order valence-corrected chi connectivity index (χ4v) is 3.82. The zero-order chi connectivity index (χ0) is 15.6. The van der Waals surface area contributed by atoms with Gasteiger partial charge in [0, 0.05) is 18.7 Å². The van der Waals surface area contributed by atoms with E-state index in [1.807, 2.05) is 18.2 Å². The van der Waals surface area contributed by atoms with Crippen molar-refractivity contribution >= 4 is 28.9 Å². The van der Waals surface area contributed by atoms with Crippen LogP contribution in [0.15, 0.2) is 18.2 Å². The first kappa shape index (κ1) is 16.2. The molecule has 116 valence electrons. The molecule has 1 amide bonds. The van der Waals surface area contributed by atoms with Crippen molar-refractivity contribution in [3.8, 4) is 0 Å². The van der Waals surface area contributed by atoms with E-state index in [4.69, 9.17) is 11.6 Å². The van der Waals surface area contributed by atoms with Crippen LogP contribution in [-0.2, 0) is 4.79 Å². The second-order valence-electron chi connectivity index (χ2n) is 7.13. The summed E-state index contributed by atoms with van der Waals surface area (Å²) >= 11 is 6.22. The third kappa shape index (κ3) is 4.63. The van der Waals surface area contributed by atoms with Crippen LogP contribution < -0.4 is 10.6 Å². The Kier molecular flexibility index (Phi) is 4.82. The van der Waals surface area contributed by atoms with Gasteiger partial charge in [-0.25, -0.2) is 0 Å². The molecular weight excluding hydrogens is 284 g/mol. The second-order valence-corrected chi connectivity index (χ2v) is 7.54. The summed E-state index contributed by atoms with van der Waals surface area (Å²) in [6, 6.07) is 6.19. The van der Waals surface area contributed by atoms with Crippen LogP contribution in [0.1, 0.15) is 47.0 Å². The molecule has 0 spiro atoms. The van der Waals surface area contributed by atoms with Crippen molar-refractivity contribution in [2.75, 3.05) is 10.6 Å². The molecule has 2 rings (SSSR count). The number of hydrogen-bond acceptors (Lipinski definition) is 2. The van der Waals surface area contributed by atoms with Crippen molar-refractivity contribution in [1.29, 1.82) is 0 Å². The van der Waals surface area contributed by atoms with Gasteiger partial charge in [0.15, 0.2) is 0 Å². The van der Waals surface area contributed by atoms with Crippen LogP contribution in [0.2, 0.25) is 5.02 Å². The van der Waals surface area contributed by atoms with Crippen molar-refractivity contribution in [2.45, 2.75) is 53.0 Å². The Morgan fingerprint density at radius 1 is 1.33 bits per heavy atom. The minimum Gasteiger partial charge on any atom is -0.382 e. The van der Waals surface area contributed by atoms with Crippen LogP contribution in [0.4, 0.5) is 11.4 Å².